The molecule has 1 nitrogen and oxygen atoms in total. The van der Waals surface area contributed by atoms with E-state index in [9.17, 15) is 0 Å². The molecular weight excluding hydrogens is 274 g/mol. The number of hydrogen-bond acceptors (Lipinski definition) is 1. The minimum atomic E-state index is 0.561. The summed E-state index contributed by atoms with van der Waals surface area (Å²) in [4.78, 5) is 0. The summed E-state index contributed by atoms with van der Waals surface area (Å²) in [6.45, 7) is 10.1. The summed E-state index contributed by atoms with van der Waals surface area (Å²) in [7, 11) is 0. The van der Waals surface area contributed by atoms with Crippen molar-refractivity contribution >= 4 is 15.9 Å². The molecule has 2 heteroatoms. The van der Waals surface area contributed by atoms with Crippen molar-refractivity contribution < 1.29 is 0 Å². The first-order chi connectivity index (χ1) is 8.10. The molecule has 0 aliphatic heterocycles. The van der Waals surface area contributed by atoms with E-state index in [0.29, 0.717) is 17.9 Å². The predicted octanol–water partition coefficient (Wildman–Crippen LogP) is 4.58. The summed E-state index contributed by atoms with van der Waals surface area (Å²) in [6, 6.07) is 9.32. The molecule has 1 rings (SSSR count). The predicted molar refractivity (Wildman–Crippen MR) is 79.5 cm³/mol. The molecule has 2 unspecified atom stereocenters. The van der Waals surface area contributed by atoms with Crippen LogP contribution in [-0.2, 0) is 0 Å². The van der Waals surface area contributed by atoms with Crippen LogP contribution in [-0.4, -0.2) is 12.6 Å². The van der Waals surface area contributed by atoms with Crippen molar-refractivity contribution in [3.8, 4) is 0 Å². The van der Waals surface area contributed by atoms with Crippen LogP contribution in [0.15, 0.2) is 28.7 Å². The molecule has 1 N–H and O–H groups in total. The van der Waals surface area contributed by atoms with E-state index in [4.69, 9.17) is 0 Å². The van der Waals surface area contributed by atoms with Crippen molar-refractivity contribution in [2.75, 3.05) is 6.54 Å². The van der Waals surface area contributed by atoms with Crippen LogP contribution in [0, 0.1) is 5.92 Å². The molecular formula is C15H24BrN. The molecule has 0 saturated heterocycles. The van der Waals surface area contributed by atoms with E-state index in [0.717, 1.165) is 11.0 Å². The van der Waals surface area contributed by atoms with Gasteiger partial charge in [0, 0.05) is 10.5 Å². The lowest BCUT2D eigenvalue weighted by atomic mass is 9.83. The van der Waals surface area contributed by atoms with Crippen LogP contribution in [0.1, 0.15) is 45.6 Å². The summed E-state index contributed by atoms with van der Waals surface area (Å²) in [5.41, 5.74) is 1.44. The maximum Gasteiger partial charge on any atom is 0.0175 e. The molecule has 2 atom stereocenters. The average molecular weight is 298 g/mol. The second-order valence-electron chi connectivity index (χ2n) is 4.89. The van der Waals surface area contributed by atoms with Gasteiger partial charge in [-0.15, -0.1) is 0 Å². The van der Waals surface area contributed by atoms with Gasteiger partial charge in [-0.2, -0.15) is 0 Å². The third kappa shape index (κ3) is 4.11. The smallest absolute Gasteiger partial charge is 0.0175 e. The molecule has 0 aliphatic carbocycles. The van der Waals surface area contributed by atoms with Crippen LogP contribution in [0.5, 0.6) is 0 Å². The lowest BCUT2D eigenvalue weighted by Gasteiger charge is -2.30. The lowest BCUT2D eigenvalue weighted by molar-refractivity contribution is 0.340. The molecule has 0 heterocycles. The highest BCUT2D eigenvalue weighted by molar-refractivity contribution is 9.10. The Bertz CT molecular complexity index is 318. The van der Waals surface area contributed by atoms with Crippen molar-refractivity contribution in [2.24, 2.45) is 5.92 Å². The van der Waals surface area contributed by atoms with Crippen LogP contribution in [0.2, 0.25) is 0 Å². The number of likely N-dealkylation sites (N-methyl/N-ethyl adjacent to an activating group) is 1. The Morgan fingerprint density at radius 3 is 2.12 bits per heavy atom. The number of rotatable bonds is 6. The minimum absolute atomic E-state index is 0.561. The molecule has 0 saturated carbocycles. The highest BCUT2D eigenvalue weighted by atomic mass is 79.9. The van der Waals surface area contributed by atoms with Crippen molar-refractivity contribution in [1.82, 2.24) is 5.32 Å². The zero-order valence-electron chi connectivity index (χ0n) is 11.3. The van der Waals surface area contributed by atoms with E-state index in [2.05, 4.69) is 73.2 Å². The minimum Gasteiger partial charge on any atom is -0.313 e. The Morgan fingerprint density at radius 2 is 1.71 bits per heavy atom. The van der Waals surface area contributed by atoms with Gasteiger partial charge < -0.3 is 5.32 Å². The van der Waals surface area contributed by atoms with Gasteiger partial charge in [0.1, 0.15) is 0 Å². The van der Waals surface area contributed by atoms with Gasteiger partial charge in [-0.1, -0.05) is 55.8 Å². The van der Waals surface area contributed by atoms with Crippen molar-refractivity contribution in [3.05, 3.63) is 34.3 Å². The second kappa shape index (κ2) is 7.17. The molecule has 0 fully saturated rings. The second-order valence-corrected chi connectivity index (χ2v) is 5.81. The Kier molecular flexibility index (Phi) is 6.21. The molecule has 1 aromatic rings. The normalized spacial score (nSPS) is 14.9. The van der Waals surface area contributed by atoms with Gasteiger partial charge in [0.15, 0.2) is 0 Å². The zero-order chi connectivity index (χ0) is 12.8. The fourth-order valence-corrected chi connectivity index (χ4v) is 2.75. The van der Waals surface area contributed by atoms with Crippen LogP contribution < -0.4 is 5.32 Å². The van der Waals surface area contributed by atoms with Crippen LogP contribution in [0.4, 0.5) is 0 Å². The maximum absolute atomic E-state index is 3.63. The van der Waals surface area contributed by atoms with Crippen LogP contribution in [0.3, 0.4) is 0 Å². The first-order valence-electron chi connectivity index (χ1n) is 6.59. The molecule has 0 aliphatic rings. The SMILES string of the molecule is CCNC(C(C)C)C(CC)c1ccc(Br)cc1. The monoisotopic (exact) mass is 297 g/mol. The highest BCUT2D eigenvalue weighted by Crippen LogP contribution is 2.28. The van der Waals surface area contributed by atoms with Gasteiger partial charge in [0.05, 0.1) is 0 Å². The molecule has 17 heavy (non-hydrogen) atoms. The highest BCUT2D eigenvalue weighted by Gasteiger charge is 2.23. The fraction of sp³-hybridized carbons (Fsp3) is 0.600. The number of hydrogen-bond donors (Lipinski definition) is 1. The Hall–Kier alpha value is -0.340. The van der Waals surface area contributed by atoms with Gasteiger partial charge in [-0.05, 0) is 42.5 Å². The maximum atomic E-state index is 3.63. The van der Waals surface area contributed by atoms with E-state index in [1.54, 1.807) is 0 Å². The molecule has 0 bridgehead atoms. The summed E-state index contributed by atoms with van der Waals surface area (Å²) >= 11 is 3.50. The number of nitrogens with one attached hydrogen (secondary N) is 1. The quantitative estimate of drug-likeness (QED) is 0.810. The first kappa shape index (κ1) is 14.7. The Morgan fingerprint density at radius 1 is 1.12 bits per heavy atom. The third-order valence-corrected chi connectivity index (χ3v) is 3.86. The fourth-order valence-electron chi connectivity index (χ4n) is 2.49. The largest absolute Gasteiger partial charge is 0.313 e. The van der Waals surface area contributed by atoms with E-state index in [1.807, 2.05) is 0 Å². The van der Waals surface area contributed by atoms with Crippen molar-refractivity contribution in [3.63, 3.8) is 0 Å². The van der Waals surface area contributed by atoms with E-state index < -0.39 is 0 Å². The van der Waals surface area contributed by atoms with Gasteiger partial charge in [-0.3, -0.25) is 0 Å². The van der Waals surface area contributed by atoms with Gasteiger partial charge >= 0.3 is 0 Å². The van der Waals surface area contributed by atoms with Crippen molar-refractivity contribution in [2.45, 2.75) is 46.1 Å². The lowest BCUT2D eigenvalue weighted by Crippen LogP contribution is -2.39. The van der Waals surface area contributed by atoms with E-state index >= 15 is 0 Å². The number of halogens is 1. The van der Waals surface area contributed by atoms with Crippen molar-refractivity contribution in [1.29, 1.82) is 0 Å². The standard InChI is InChI=1S/C15H24BrN/c1-5-14(15(11(3)4)17-6-2)12-7-9-13(16)10-8-12/h7-11,14-15,17H,5-6H2,1-4H3. The Balaban J connectivity index is 2.91. The Labute approximate surface area is 114 Å². The van der Waals surface area contributed by atoms with E-state index in [1.165, 1.54) is 12.0 Å². The molecule has 0 aromatic heterocycles. The molecule has 0 spiro atoms. The third-order valence-electron chi connectivity index (χ3n) is 3.33. The van der Waals surface area contributed by atoms with Gasteiger partial charge in [0.2, 0.25) is 0 Å². The summed E-state index contributed by atoms with van der Waals surface area (Å²) in [5.74, 6) is 1.26. The van der Waals surface area contributed by atoms with E-state index in [-0.39, 0.29) is 0 Å². The number of benzene rings is 1. The topological polar surface area (TPSA) is 12.0 Å². The summed E-state index contributed by atoms with van der Waals surface area (Å²) in [6.07, 6.45) is 1.18. The molecule has 0 amide bonds. The van der Waals surface area contributed by atoms with Gasteiger partial charge in [-0.25, -0.2) is 0 Å². The summed E-state index contributed by atoms with van der Waals surface area (Å²) in [5, 5.41) is 3.63. The summed E-state index contributed by atoms with van der Waals surface area (Å²) < 4.78 is 1.15. The molecule has 0 radical (unpaired) electrons. The van der Waals surface area contributed by atoms with Crippen LogP contribution in [0.25, 0.3) is 0 Å². The molecule has 96 valence electrons. The first-order valence-corrected chi connectivity index (χ1v) is 7.38. The van der Waals surface area contributed by atoms with Gasteiger partial charge in [0.25, 0.3) is 0 Å². The van der Waals surface area contributed by atoms with Crippen LogP contribution >= 0.6 is 15.9 Å². The average Bonchev–Trinajstić information content (AvgIpc) is 2.31. The zero-order valence-corrected chi connectivity index (χ0v) is 12.9. The molecule has 1 aromatic carbocycles.